The Balaban J connectivity index is 1.50. The minimum atomic E-state index is -0.256. The van der Waals surface area contributed by atoms with Gasteiger partial charge in [0, 0.05) is 0 Å². The number of benzene rings is 3. The molecule has 7 heteroatoms. The van der Waals surface area contributed by atoms with Gasteiger partial charge in [0.2, 0.25) is 0 Å². The predicted octanol–water partition coefficient (Wildman–Crippen LogP) is 6.71. The number of thioether (sulfide) groups is 1. The van der Waals surface area contributed by atoms with Gasteiger partial charge in [-0.25, -0.2) is 0 Å². The summed E-state index contributed by atoms with van der Waals surface area (Å²) in [5.41, 5.74) is 2.89. The highest BCUT2D eigenvalue weighted by Gasteiger charge is 2.35. The molecule has 4 rings (SSSR count). The molecule has 0 unspecified atom stereocenters. The molecule has 0 aromatic heterocycles. The van der Waals surface area contributed by atoms with Crippen molar-refractivity contribution >= 4 is 74.2 Å². The van der Waals surface area contributed by atoms with Gasteiger partial charge in [0.25, 0.3) is 11.1 Å². The number of imide groups is 1. The zero-order valence-electron chi connectivity index (χ0n) is 16.3. The lowest BCUT2D eigenvalue weighted by atomic mass is 10.2. The van der Waals surface area contributed by atoms with Crippen molar-refractivity contribution < 1.29 is 14.3 Å². The molecule has 1 saturated heterocycles. The summed E-state index contributed by atoms with van der Waals surface area (Å²) >= 11 is 5.46. The summed E-state index contributed by atoms with van der Waals surface area (Å²) in [6.45, 7) is 0.773. The third-order valence-corrected chi connectivity index (χ3v) is 7.11. The number of carbonyl (C=O) groups excluding carboxylic acids is 2. The van der Waals surface area contributed by atoms with Gasteiger partial charge < -0.3 is 4.74 Å². The van der Waals surface area contributed by atoms with Crippen LogP contribution >= 0.6 is 56.9 Å². The zero-order valence-corrected chi connectivity index (χ0v) is 21.4. The molecule has 1 aliphatic heterocycles. The van der Waals surface area contributed by atoms with Gasteiger partial charge in [-0.1, -0.05) is 60.7 Å². The van der Waals surface area contributed by atoms with Crippen LogP contribution in [0.2, 0.25) is 0 Å². The van der Waals surface area contributed by atoms with Crippen LogP contribution in [0.4, 0.5) is 4.79 Å². The minimum absolute atomic E-state index is 0.243. The molecular weight excluding hydrogens is 636 g/mol. The van der Waals surface area contributed by atoms with E-state index in [-0.39, 0.29) is 17.7 Å². The van der Waals surface area contributed by atoms with Crippen molar-refractivity contribution in [3.63, 3.8) is 0 Å². The Morgan fingerprint density at radius 2 is 1.45 bits per heavy atom. The topological polar surface area (TPSA) is 46.6 Å². The molecule has 0 saturated carbocycles. The molecule has 1 aliphatic rings. The average molecular weight is 653 g/mol. The summed E-state index contributed by atoms with van der Waals surface area (Å²) in [6.07, 6.45) is 1.78. The number of carbonyl (C=O) groups is 2. The molecule has 0 N–H and O–H groups in total. The molecule has 156 valence electrons. The minimum Gasteiger partial charge on any atom is -0.487 e. The number of nitrogens with zero attached hydrogens (tertiary/aromatic N) is 1. The van der Waals surface area contributed by atoms with E-state index in [1.807, 2.05) is 72.8 Å². The zero-order chi connectivity index (χ0) is 21.8. The summed E-state index contributed by atoms with van der Waals surface area (Å²) < 4.78 is 7.94. The second-order valence-corrected chi connectivity index (χ2v) is 10.2. The van der Waals surface area contributed by atoms with Gasteiger partial charge in [-0.2, -0.15) is 0 Å². The quantitative estimate of drug-likeness (QED) is 0.219. The Morgan fingerprint density at radius 1 is 0.871 bits per heavy atom. The number of rotatable bonds is 6. The van der Waals surface area contributed by atoms with E-state index in [4.69, 9.17) is 4.74 Å². The molecule has 31 heavy (non-hydrogen) atoms. The molecule has 0 bridgehead atoms. The van der Waals surface area contributed by atoms with Crippen LogP contribution in [0.1, 0.15) is 16.7 Å². The normalized spacial score (nSPS) is 15.0. The van der Waals surface area contributed by atoms with Crippen LogP contribution in [0.3, 0.4) is 0 Å². The highest BCUT2D eigenvalue weighted by molar-refractivity contribution is 14.1. The molecule has 1 fully saturated rings. The fourth-order valence-electron chi connectivity index (χ4n) is 3.08. The first-order valence-electron chi connectivity index (χ1n) is 9.46. The fourth-order valence-corrected chi connectivity index (χ4v) is 6.05. The van der Waals surface area contributed by atoms with Crippen LogP contribution in [0.25, 0.3) is 6.08 Å². The van der Waals surface area contributed by atoms with Crippen molar-refractivity contribution in [2.24, 2.45) is 0 Å². The molecule has 0 aliphatic carbocycles. The van der Waals surface area contributed by atoms with Crippen LogP contribution in [-0.4, -0.2) is 16.0 Å². The van der Waals surface area contributed by atoms with E-state index in [9.17, 15) is 9.59 Å². The third kappa shape index (κ3) is 5.50. The van der Waals surface area contributed by atoms with Crippen molar-refractivity contribution in [2.45, 2.75) is 13.2 Å². The number of amides is 2. The van der Waals surface area contributed by atoms with E-state index in [2.05, 4.69) is 45.2 Å². The maximum Gasteiger partial charge on any atom is 0.293 e. The molecule has 4 nitrogen and oxygen atoms in total. The van der Waals surface area contributed by atoms with Gasteiger partial charge in [-0.15, -0.1) is 0 Å². The molecule has 2 amide bonds. The van der Waals surface area contributed by atoms with E-state index in [0.29, 0.717) is 11.5 Å². The largest absolute Gasteiger partial charge is 0.487 e. The maximum atomic E-state index is 12.8. The predicted molar refractivity (Wildman–Crippen MR) is 141 cm³/mol. The molecule has 3 aromatic rings. The van der Waals surface area contributed by atoms with Crippen molar-refractivity contribution in [1.29, 1.82) is 0 Å². The van der Waals surface area contributed by atoms with Crippen LogP contribution in [0, 0.1) is 7.14 Å². The molecule has 0 spiro atoms. The summed E-state index contributed by atoms with van der Waals surface area (Å²) in [7, 11) is 0. The van der Waals surface area contributed by atoms with Gasteiger partial charge in [0.15, 0.2) is 0 Å². The summed E-state index contributed by atoms with van der Waals surface area (Å²) in [6, 6.07) is 23.5. The third-order valence-electron chi connectivity index (χ3n) is 4.60. The maximum absolute atomic E-state index is 12.8. The van der Waals surface area contributed by atoms with Crippen molar-refractivity contribution in [3.8, 4) is 5.75 Å². The summed E-state index contributed by atoms with van der Waals surface area (Å²) in [4.78, 5) is 26.9. The summed E-state index contributed by atoms with van der Waals surface area (Å²) in [5.74, 6) is 0.563. The van der Waals surface area contributed by atoms with E-state index >= 15 is 0 Å². The van der Waals surface area contributed by atoms with Gasteiger partial charge in [0.1, 0.15) is 12.4 Å². The number of halogens is 2. The molecular formula is C24H17I2NO3S. The molecule has 0 atom stereocenters. The SMILES string of the molecule is O=C1S/C(=C/c2cc(I)c(OCc3ccccc3)c(I)c2)C(=O)N1Cc1ccccc1. The van der Waals surface area contributed by atoms with E-state index in [1.165, 1.54) is 4.90 Å². The lowest BCUT2D eigenvalue weighted by Crippen LogP contribution is -2.27. The Kier molecular flexibility index (Phi) is 7.34. The monoisotopic (exact) mass is 653 g/mol. The fraction of sp³-hybridized carbons (Fsp3) is 0.0833. The van der Waals surface area contributed by atoms with E-state index in [0.717, 1.165) is 41.3 Å². The second kappa shape index (κ2) is 10.2. The first-order chi connectivity index (χ1) is 15.0. The smallest absolute Gasteiger partial charge is 0.293 e. The van der Waals surface area contributed by atoms with Crippen LogP contribution in [0.5, 0.6) is 5.75 Å². The van der Waals surface area contributed by atoms with E-state index < -0.39 is 0 Å². The van der Waals surface area contributed by atoms with Gasteiger partial charge in [-0.3, -0.25) is 14.5 Å². The van der Waals surface area contributed by atoms with E-state index in [1.54, 1.807) is 6.08 Å². The summed E-state index contributed by atoms with van der Waals surface area (Å²) in [5, 5.41) is -0.243. The Morgan fingerprint density at radius 3 is 2.06 bits per heavy atom. The molecule has 0 radical (unpaired) electrons. The van der Waals surface area contributed by atoms with Gasteiger partial charge in [-0.05, 0) is 91.8 Å². The highest BCUT2D eigenvalue weighted by atomic mass is 127. The second-order valence-electron chi connectivity index (χ2n) is 6.84. The number of hydrogen-bond donors (Lipinski definition) is 0. The Bertz CT molecular complexity index is 1130. The van der Waals surface area contributed by atoms with Crippen LogP contribution in [-0.2, 0) is 17.9 Å². The number of ether oxygens (including phenoxy) is 1. The van der Waals surface area contributed by atoms with Crippen molar-refractivity contribution in [3.05, 3.63) is 102 Å². The molecule has 1 heterocycles. The van der Waals surface area contributed by atoms with Crippen molar-refractivity contribution in [2.75, 3.05) is 0 Å². The molecule has 3 aromatic carbocycles. The van der Waals surface area contributed by atoms with Gasteiger partial charge in [0.05, 0.1) is 18.6 Å². The lowest BCUT2D eigenvalue weighted by Gasteiger charge is -2.12. The number of hydrogen-bond acceptors (Lipinski definition) is 4. The lowest BCUT2D eigenvalue weighted by molar-refractivity contribution is -0.123. The average Bonchev–Trinajstić information content (AvgIpc) is 3.02. The first kappa shape index (κ1) is 22.3. The highest BCUT2D eigenvalue weighted by Crippen LogP contribution is 2.35. The Labute approximate surface area is 212 Å². The Hall–Kier alpha value is -1.85. The van der Waals surface area contributed by atoms with Gasteiger partial charge >= 0.3 is 0 Å². The first-order valence-corrected chi connectivity index (χ1v) is 12.4. The standard InChI is InChI=1S/C24H17I2NO3S/c25-19-11-18(12-20(26)22(19)30-15-17-9-5-2-6-10-17)13-21-23(28)27(24(29)31-21)14-16-7-3-1-4-8-16/h1-13H,14-15H2/b21-13+. The van der Waals surface area contributed by atoms with Crippen LogP contribution < -0.4 is 4.74 Å². The van der Waals surface area contributed by atoms with Crippen LogP contribution in [0.15, 0.2) is 77.7 Å². The van der Waals surface area contributed by atoms with Crippen molar-refractivity contribution in [1.82, 2.24) is 4.90 Å².